The van der Waals surface area contributed by atoms with Crippen LogP contribution in [-0.2, 0) is 6.18 Å². The first kappa shape index (κ1) is 16.4. The number of nitrogens with zero attached hydrogens (tertiary/aromatic N) is 4. The lowest BCUT2D eigenvalue weighted by Gasteiger charge is -2.38. The van der Waals surface area contributed by atoms with Gasteiger partial charge in [-0.1, -0.05) is 11.3 Å². The first-order valence-electron chi connectivity index (χ1n) is 7.38. The van der Waals surface area contributed by atoms with Crippen molar-refractivity contribution >= 4 is 5.91 Å². The van der Waals surface area contributed by atoms with Gasteiger partial charge in [0.15, 0.2) is 5.69 Å². The van der Waals surface area contributed by atoms with E-state index in [-0.39, 0.29) is 29.4 Å². The number of hydrogen-bond acceptors (Lipinski definition) is 4. The molecule has 0 bridgehead atoms. The van der Waals surface area contributed by atoms with Crippen LogP contribution in [0.2, 0.25) is 0 Å². The van der Waals surface area contributed by atoms with E-state index in [1.54, 1.807) is 11.9 Å². The van der Waals surface area contributed by atoms with Crippen molar-refractivity contribution in [2.75, 3.05) is 7.05 Å². The predicted molar refractivity (Wildman–Crippen MR) is 79.5 cm³/mol. The van der Waals surface area contributed by atoms with Crippen LogP contribution in [0.25, 0.3) is 5.69 Å². The number of carbonyl (C=O) groups is 1. The largest absolute Gasteiger partial charge is 0.416 e. The fourth-order valence-corrected chi connectivity index (χ4v) is 2.61. The molecule has 1 saturated carbocycles. The van der Waals surface area contributed by atoms with Gasteiger partial charge in [-0.15, -0.1) is 5.10 Å². The van der Waals surface area contributed by atoms with Gasteiger partial charge in [0.05, 0.1) is 17.4 Å². The highest BCUT2D eigenvalue weighted by molar-refractivity contribution is 5.92. The number of carbonyl (C=O) groups excluding carboxylic acids is 1. The molecule has 1 heterocycles. The van der Waals surface area contributed by atoms with Gasteiger partial charge < -0.3 is 10.6 Å². The van der Waals surface area contributed by atoms with Gasteiger partial charge in [-0.2, -0.15) is 13.2 Å². The van der Waals surface area contributed by atoms with Crippen molar-refractivity contribution < 1.29 is 18.0 Å². The van der Waals surface area contributed by atoms with E-state index in [0.29, 0.717) is 0 Å². The van der Waals surface area contributed by atoms with Crippen LogP contribution in [-0.4, -0.2) is 44.9 Å². The maximum absolute atomic E-state index is 12.8. The summed E-state index contributed by atoms with van der Waals surface area (Å²) in [6.07, 6.45) is -1.67. The molecule has 1 aliphatic carbocycles. The van der Waals surface area contributed by atoms with Crippen molar-refractivity contribution in [2.24, 2.45) is 5.73 Å². The third-order valence-corrected chi connectivity index (χ3v) is 4.17. The summed E-state index contributed by atoms with van der Waals surface area (Å²) in [4.78, 5) is 13.9. The van der Waals surface area contributed by atoms with Crippen molar-refractivity contribution in [3.05, 3.63) is 41.7 Å². The highest BCUT2D eigenvalue weighted by Gasteiger charge is 2.33. The summed E-state index contributed by atoms with van der Waals surface area (Å²) in [7, 11) is 1.65. The lowest BCUT2D eigenvalue weighted by molar-refractivity contribution is -0.137. The third-order valence-electron chi connectivity index (χ3n) is 4.17. The molecule has 0 aliphatic heterocycles. The molecule has 1 aromatic heterocycles. The molecular weight excluding hydrogens is 323 g/mol. The average molecular weight is 339 g/mol. The van der Waals surface area contributed by atoms with Crippen LogP contribution in [0.3, 0.4) is 0 Å². The van der Waals surface area contributed by atoms with Crippen molar-refractivity contribution in [1.29, 1.82) is 0 Å². The minimum Gasteiger partial charge on any atom is -0.337 e. The Morgan fingerprint density at radius 1 is 1.38 bits per heavy atom. The molecule has 1 aliphatic rings. The number of benzene rings is 1. The maximum atomic E-state index is 12.8. The predicted octanol–water partition coefficient (Wildman–Crippen LogP) is 1.85. The van der Waals surface area contributed by atoms with Gasteiger partial charge >= 0.3 is 6.18 Å². The van der Waals surface area contributed by atoms with Gasteiger partial charge in [-0.3, -0.25) is 4.79 Å². The van der Waals surface area contributed by atoms with Crippen molar-refractivity contribution in [3.8, 4) is 5.69 Å². The van der Waals surface area contributed by atoms with Gasteiger partial charge in [0.25, 0.3) is 5.91 Å². The van der Waals surface area contributed by atoms with Gasteiger partial charge in [-0.05, 0) is 31.0 Å². The summed E-state index contributed by atoms with van der Waals surface area (Å²) in [5, 5.41) is 7.53. The van der Waals surface area contributed by atoms with E-state index in [4.69, 9.17) is 5.73 Å². The molecule has 2 N–H and O–H groups in total. The van der Waals surface area contributed by atoms with E-state index in [0.717, 1.165) is 29.7 Å². The second kappa shape index (κ2) is 5.90. The zero-order chi connectivity index (χ0) is 17.5. The van der Waals surface area contributed by atoms with Gasteiger partial charge in [0, 0.05) is 19.1 Å². The van der Waals surface area contributed by atoms with Gasteiger partial charge in [0.2, 0.25) is 0 Å². The quantitative estimate of drug-likeness (QED) is 0.926. The number of halogens is 3. The number of alkyl halides is 3. The standard InChI is InChI=1S/C15H16F3N5O/c1-22(12-6-10(19)7-12)14(24)13-8-23(21-20-13)11-4-2-3-9(5-11)15(16,17)18/h2-5,8,10,12H,6-7,19H2,1H3. The van der Waals surface area contributed by atoms with Gasteiger partial charge in [-0.25, -0.2) is 4.68 Å². The van der Waals surface area contributed by atoms with E-state index in [9.17, 15) is 18.0 Å². The fraction of sp³-hybridized carbons (Fsp3) is 0.400. The molecule has 0 atom stereocenters. The van der Waals surface area contributed by atoms with Crippen LogP contribution in [0.1, 0.15) is 28.9 Å². The van der Waals surface area contributed by atoms with Crippen molar-refractivity contribution in [3.63, 3.8) is 0 Å². The Morgan fingerprint density at radius 2 is 2.08 bits per heavy atom. The molecule has 3 rings (SSSR count). The number of hydrogen-bond donors (Lipinski definition) is 1. The molecule has 0 unspecified atom stereocenters. The molecule has 0 spiro atoms. The lowest BCUT2D eigenvalue weighted by Crippen LogP contribution is -2.51. The van der Waals surface area contributed by atoms with E-state index >= 15 is 0 Å². The minimum atomic E-state index is -4.45. The SMILES string of the molecule is CN(C(=O)c1cn(-c2cccc(C(F)(F)F)c2)nn1)C1CC(N)C1. The topological polar surface area (TPSA) is 77.0 Å². The van der Waals surface area contributed by atoms with Crippen LogP contribution < -0.4 is 5.73 Å². The molecular formula is C15H16F3N5O. The summed E-state index contributed by atoms with van der Waals surface area (Å²) >= 11 is 0. The Morgan fingerprint density at radius 3 is 2.71 bits per heavy atom. The van der Waals surface area contributed by atoms with Crippen LogP contribution in [0, 0.1) is 0 Å². The summed E-state index contributed by atoms with van der Waals surface area (Å²) < 4.78 is 39.5. The Balaban J connectivity index is 1.79. The summed E-state index contributed by atoms with van der Waals surface area (Å²) in [5.41, 5.74) is 5.19. The van der Waals surface area contributed by atoms with Crippen LogP contribution in [0.4, 0.5) is 13.2 Å². The molecule has 128 valence electrons. The first-order chi connectivity index (χ1) is 11.3. The highest BCUT2D eigenvalue weighted by Crippen LogP contribution is 2.30. The maximum Gasteiger partial charge on any atom is 0.416 e. The molecule has 24 heavy (non-hydrogen) atoms. The summed E-state index contributed by atoms with van der Waals surface area (Å²) in [6.45, 7) is 0. The minimum absolute atomic E-state index is 0.0613. The summed E-state index contributed by atoms with van der Waals surface area (Å²) in [6, 6.07) is 4.84. The Labute approximate surface area is 136 Å². The zero-order valence-corrected chi connectivity index (χ0v) is 12.9. The fourth-order valence-electron chi connectivity index (χ4n) is 2.61. The van der Waals surface area contributed by atoms with E-state index in [1.165, 1.54) is 18.3 Å². The smallest absolute Gasteiger partial charge is 0.337 e. The molecule has 1 amide bonds. The Hall–Kier alpha value is -2.42. The Kier molecular flexibility index (Phi) is 4.04. The number of nitrogens with two attached hydrogens (primary N) is 1. The van der Waals surface area contributed by atoms with Crippen molar-refractivity contribution in [1.82, 2.24) is 19.9 Å². The second-order valence-electron chi connectivity index (χ2n) is 5.90. The Bertz CT molecular complexity index is 752. The normalized spacial score (nSPS) is 20.5. The summed E-state index contributed by atoms with van der Waals surface area (Å²) in [5.74, 6) is -0.329. The van der Waals surface area contributed by atoms with E-state index < -0.39 is 11.7 Å². The van der Waals surface area contributed by atoms with Crippen LogP contribution in [0.5, 0.6) is 0 Å². The molecule has 2 aromatic rings. The second-order valence-corrected chi connectivity index (χ2v) is 5.90. The van der Waals surface area contributed by atoms with Crippen LogP contribution in [0.15, 0.2) is 30.5 Å². The number of rotatable bonds is 3. The molecule has 0 saturated heterocycles. The molecule has 1 fully saturated rings. The molecule has 1 aromatic carbocycles. The van der Waals surface area contributed by atoms with Crippen LogP contribution >= 0.6 is 0 Å². The zero-order valence-electron chi connectivity index (χ0n) is 12.9. The lowest BCUT2D eigenvalue weighted by atomic mass is 9.86. The monoisotopic (exact) mass is 339 g/mol. The number of aromatic nitrogens is 3. The third kappa shape index (κ3) is 3.12. The average Bonchev–Trinajstić information content (AvgIpc) is 2.99. The molecule has 6 nitrogen and oxygen atoms in total. The van der Waals surface area contributed by atoms with Crippen molar-refractivity contribution in [2.45, 2.75) is 31.1 Å². The van der Waals surface area contributed by atoms with E-state index in [2.05, 4.69) is 10.3 Å². The highest BCUT2D eigenvalue weighted by atomic mass is 19.4. The molecule has 9 heteroatoms. The van der Waals surface area contributed by atoms with E-state index in [1.807, 2.05) is 0 Å². The number of amides is 1. The molecule has 0 radical (unpaired) electrons. The van der Waals surface area contributed by atoms with Gasteiger partial charge in [0.1, 0.15) is 0 Å². The first-order valence-corrected chi connectivity index (χ1v) is 7.38.